The van der Waals surface area contributed by atoms with E-state index in [1.54, 1.807) is 0 Å². The minimum absolute atomic E-state index is 0.0340. The molecule has 1 saturated carbocycles. The van der Waals surface area contributed by atoms with Gasteiger partial charge in [-0.3, -0.25) is 4.79 Å². The molecule has 1 spiro atoms. The Kier molecular flexibility index (Phi) is 4.15. The van der Waals surface area contributed by atoms with Crippen molar-refractivity contribution >= 4 is 11.9 Å². The maximum atomic E-state index is 13.0. The molecule has 4 heteroatoms. The molecule has 2 heterocycles. The van der Waals surface area contributed by atoms with Gasteiger partial charge in [0.05, 0.1) is 16.9 Å². The molecule has 3 unspecified atom stereocenters. The Morgan fingerprint density at radius 3 is 2.61 bits per heavy atom. The summed E-state index contributed by atoms with van der Waals surface area (Å²) >= 11 is 0. The van der Waals surface area contributed by atoms with Gasteiger partial charge < -0.3 is 9.47 Å². The molecule has 3 atom stereocenters. The smallest absolute Gasteiger partial charge is 0.340 e. The number of hydrogen-bond acceptors (Lipinski definition) is 4. The van der Waals surface area contributed by atoms with E-state index < -0.39 is 0 Å². The van der Waals surface area contributed by atoms with Crippen LogP contribution in [0.15, 0.2) is 46.0 Å². The molecule has 0 radical (unpaired) electrons. The number of carbonyl (C=O) groups excluding carboxylic acids is 2. The van der Waals surface area contributed by atoms with Gasteiger partial charge in [0, 0.05) is 11.5 Å². The van der Waals surface area contributed by atoms with Crippen LogP contribution in [0.1, 0.15) is 71.6 Å². The van der Waals surface area contributed by atoms with Crippen LogP contribution in [-0.2, 0) is 19.1 Å². The molecule has 3 aliphatic carbocycles. The number of hydrogen-bond donors (Lipinski definition) is 0. The van der Waals surface area contributed by atoms with Crippen molar-refractivity contribution in [3.63, 3.8) is 0 Å². The van der Waals surface area contributed by atoms with Crippen LogP contribution in [0, 0.1) is 17.3 Å². The van der Waals surface area contributed by atoms with Crippen molar-refractivity contribution in [2.75, 3.05) is 0 Å². The van der Waals surface area contributed by atoms with Gasteiger partial charge in [-0.2, -0.15) is 0 Å². The van der Waals surface area contributed by atoms with Gasteiger partial charge in [-0.05, 0) is 57.1 Å². The van der Waals surface area contributed by atoms with E-state index in [0.29, 0.717) is 0 Å². The summed E-state index contributed by atoms with van der Waals surface area (Å²) in [6.45, 7) is 4.26. The third kappa shape index (κ3) is 2.23. The van der Waals surface area contributed by atoms with Crippen LogP contribution < -0.4 is 0 Å². The van der Waals surface area contributed by atoms with Crippen molar-refractivity contribution < 1.29 is 19.1 Å². The molecular weight excluding hydrogens is 352 g/mol. The van der Waals surface area contributed by atoms with E-state index in [2.05, 4.69) is 26.0 Å². The van der Waals surface area contributed by atoms with Crippen LogP contribution in [0.2, 0.25) is 0 Å². The molecule has 148 valence electrons. The molecular formula is C24H28O4. The molecule has 2 fully saturated rings. The number of fused-ring (bicyclic) bond motifs is 3. The van der Waals surface area contributed by atoms with Crippen LogP contribution in [0.3, 0.4) is 0 Å². The van der Waals surface area contributed by atoms with E-state index in [0.717, 1.165) is 80.5 Å². The van der Waals surface area contributed by atoms with Gasteiger partial charge in [0.25, 0.3) is 0 Å². The van der Waals surface area contributed by atoms with Crippen LogP contribution in [0.4, 0.5) is 0 Å². The molecule has 1 saturated heterocycles. The maximum absolute atomic E-state index is 13.0. The molecule has 0 aromatic rings. The lowest BCUT2D eigenvalue weighted by Gasteiger charge is -2.39. The number of unbranched alkanes of at least 4 members (excludes halogenated alkanes) is 2. The molecule has 28 heavy (non-hydrogen) atoms. The van der Waals surface area contributed by atoms with Crippen LogP contribution in [0.5, 0.6) is 0 Å². The van der Waals surface area contributed by atoms with Gasteiger partial charge in [-0.25, -0.2) is 4.79 Å². The molecule has 0 N–H and O–H groups in total. The molecule has 2 bridgehead atoms. The van der Waals surface area contributed by atoms with Gasteiger partial charge >= 0.3 is 11.9 Å². The highest BCUT2D eigenvalue weighted by Gasteiger charge is 2.66. The summed E-state index contributed by atoms with van der Waals surface area (Å²) < 4.78 is 11.6. The summed E-state index contributed by atoms with van der Waals surface area (Å²) in [5, 5.41) is 0. The van der Waals surface area contributed by atoms with Gasteiger partial charge in [0.2, 0.25) is 0 Å². The van der Waals surface area contributed by atoms with Gasteiger partial charge in [-0.1, -0.05) is 37.8 Å². The number of allylic oxidation sites excluding steroid dienone is 6. The van der Waals surface area contributed by atoms with E-state index in [4.69, 9.17) is 9.47 Å². The van der Waals surface area contributed by atoms with Gasteiger partial charge in [0.15, 0.2) is 0 Å². The lowest BCUT2D eigenvalue weighted by atomic mass is 9.59. The lowest BCUT2D eigenvalue weighted by Crippen LogP contribution is -2.39. The van der Waals surface area contributed by atoms with Gasteiger partial charge in [0.1, 0.15) is 11.5 Å². The zero-order valence-corrected chi connectivity index (χ0v) is 16.8. The summed E-state index contributed by atoms with van der Waals surface area (Å²) in [5.74, 6) is 1.13. The predicted molar refractivity (Wildman–Crippen MR) is 105 cm³/mol. The number of ether oxygens (including phenoxy) is 2. The Morgan fingerprint density at radius 2 is 1.82 bits per heavy atom. The SMILES string of the molecule is CCC/C=C1\OC(=O)C2=C1CCC1=C3CCC4C(=O)O/C(=C\CCC)C4(C3)C12. The van der Waals surface area contributed by atoms with E-state index in [9.17, 15) is 9.59 Å². The Bertz CT molecular complexity index is 884. The topological polar surface area (TPSA) is 52.6 Å². The average Bonchev–Trinajstić information content (AvgIpc) is 3.27. The molecule has 4 nitrogen and oxygen atoms in total. The fourth-order valence-corrected chi connectivity index (χ4v) is 6.22. The molecule has 0 aromatic heterocycles. The third-order valence-corrected chi connectivity index (χ3v) is 7.35. The zero-order chi connectivity index (χ0) is 19.5. The van der Waals surface area contributed by atoms with Crippen LogP contribution in [-0.4, -0.2) is 11.9 Å². The van der Waals surface area contributed by atoms with Crippen molar-refractivity contribution in [2.45, 2.75) is 71.6 Å². The van der Waals surface area contributed by atoms with Crippen molar-refractivity contribution in [1.29, 1.82) is 0 Å². The second-order valence-corrected chi connectivity index (χ2v) is 8.79. The highest BCUT2D eigenvalue weighted by atomic mass is 16.6. The first-order chi connectivity index (χ1) is 13.6. The van der Waals surface area contributed by atoms with Crippen molar-refractivity contribution in [2.24, 2.45) is 17.3 Å². The van der Waals surface area contributed by atoms with E-state index >= 15 is 0 Å². The Morgan fingerprint density at radius 1 is 1.04 bits per heavy atom. The standard InChI is InChI=1S/C24H28O4/c1-3-5-7-18-16-11-10-15-14-9-12-17-22(25)28-19(8-6-4-2)24(17,13-14)21(15)20(16)23(26)27-18/h7-8,17,21H,3-6,9-13H2,1-2H3/b18-7-,19-8-. The Balaban J connectivity index is 1.67. The van der Waals surface area contributed by atoms with Crippen LogP contribution in [0.25, 0.3) is 0 Å². The number of rotatable bonds is 4. The highest BCUT2D eigenvalue weighted by molar-refractivity contribution is 5.97. The van der Waals surface area contributed by atoms with Gasteiger partial charge in [-0.15, -0.1) is 0 Å². The van der Waals surface area contributed by atoms with E-state index in [1.165, 1.54) is 11.1 Å². The largest absolute Gasteiger partial charge is 0.430 e. The van der Waals surface area contributed by atoms with E-state index in [1.807, 2.05) is 0 Å². The molecule has 5 aliphatic rings. The minimum Gasteiger partial charge on any atom is -0.430 e. The van der Waals surface area contributed by atoms with Crippen molar-refractivity contribution in [3.05, 3.63) is 46.0 Å². The molecule has 5 rings (SSSR count). The Labute approximate surface area is 166 Å². The third-order valence-electron chi connectivity index (χ3n) is 7.35. The lowest BCUT2D eigenvalue weighted by molar-refractivity contribution is -0.140. The summed E-state index contributed by atoms with van der Waals surface area (Å²) in [7, 11) is 0. The first-order valence-electron chi connectivity index (χ1n) is 10.9. The summed E-state index contributed by atoms with van der Waals surface area (Å²) in [6, 6.07) is 0. The summed E-state index contributed by atoms with van der Waals surface area (Å²) in [6.07, 6.45) is 12.6. The van der Waals surface area contributed by atoms with Crippen LogP contribution >= 0.6 is 0 Å². The molecule has 0 aromatic carbocycles. The molecule has 0 amide bonds. The predicted octanol–water partition coefficient (Wildman–Crippen LogP) is 5.27. The zero-order valence-electron chi connectivity index (χ0n) is 16.8. The molecule has 2 aliphatic heterocycles. The summed E-state index contributed by atoms with van der Waals surface area (Å²) in [5.41, 5.74) is 4.40. The fraction of sp³-hybridized carbons (Fsp3) is 0.583. The minimum atomic E-state index is -0.380. The number of esters is 2. The normalized spacial score (nSPS) is 36.1. The maximum Gasteiger partial charge on any atom is 0.340 e. The second kappa shape index (κ2) is 6.47. The number of cyclic esters (lactones) is 2. The Hall–Kier alpha value is -2.10. The first-order valence-corrected chi connectivity index (χ1v) is 10.9. The second-order valence-electron chi connectivity index (χ2n) is 8.79. The fourth-order valence-electron chi connectivity index (χ4n) is 6.22. The quantitative estimate of drug-likeness (QED) is 0.492. The monoisotopic (exact) mass is 380 g/mol. The average molecular weight is 380 g/mol. The van der Waals surface area contributed by atoms with E-state index in [-0.39, 0.29) is 29.2 Å². The first kappa shape index (κ1) is 18.0. The summed E-state index contributed by atoms with van der Waals surface area (Å²) in [4.78, 5) is 25.8. The highest BCUT2D eigenvalue weighted by Crippen LogP contribution is 2.69. The van der Waals surface area contributed by atoms with Crippen molar-refractivity contribution in [1.82, 2.24) is 0 Å². The number of carbonyl (C=O) groups is 2. The van der Waals surface area contributed by atoms with Crippen molar-refractivity contribution in [3.8, 4) is 0 Å².